The maximum absolute atomic E-state index is 12.3. The van der Waals surface area contributed by atoms with Crippen LogP contribution in [-0.2, 0) is 4.79 Å². The summed E-state index contributed by atoms with van der Waals surface area (Å²) in [6.07, 6.45) is 6.65. The number of pyridine rings is 1. The molecule has 2 rings (SSSR count). The minimum Gasteiger partial charge on any atom is -0.353 e. The molecule has 1 aromatic heterocycles. The van der Waals surface area contributed by atoms with Crippen LogP contribution in [0.3, 0.4) is 0 Å². The van der Waals surface area contributed by atoms with E-state index in [2.05, 4.69) is 10.3 Å². The van der Waals surface area contributed by atoms with Crippen LogP contribution in [0.2, 0.25) is 0 Å². The van der Waals surface area contributed by atoms with Gasteiger partial charge in [0, 0.05) is 37.4 Å². The summed E-state index contributed by atoms with van der Waals surface area (Å²) in [5.74, 6) is 0.287. The number of rotatable bonds is 5. The standard InChI is InChI=1S/C17H25N3O2/c1-3-13(4-2)16(21)19-15-7-10-20(11-8-15)17(22)14-6-5-9-18-12-14/h5-6,9,12-13,15H,3-4,7-8,10-11H2,1-2H3,(H,19,21). The molecule has 1 aliphatic heterocycles. The third-order valence-corrected chi connectivity index (χ3v) is 4.39. The third-order valence-electron chi connectivity index (χ3n) is 4.39. The molecule has 2 heterocycles. The van der Waals surface area contributed by atoms with E-state index in [-0.39, 0.29) is 23.8 Å². The molecule has 1 N–H and O–H groups in total. The first-order valence-electron chi connectivity index (χ1n) is 8.15. The molecule has 120 valence electrons. The molecule has 0 atom stereocenters. The molecule has 1 aliphatic rings. The zero-order valence-corrected chi connectivity index (χ0v) is 13.4. The number of amides is 2. The quantitative estimate of drug-likeness (QED) is 0.907. The summed E-state index contributed by atoms with van der Waals surface area (Å²) in [5.41, 5.74) is 0.627. The first-order valence-corrected chi connectivity index (χ1v) is 8.15. The number of piperidine rings is 1. The number of hydrogen-bond acceptors (Lipinski definition) is 3. The number of nitrogens with one attached hydrogen (secondary N) is 1. The topological polar surface area (TPSA) is 62.3 Å². The summed E-state index contributed by atoms with van der Waals surface area (Å²) >= 11 is 0. The molecule has 2 amide bonds. The monoisotopic (exact) mass is 303 g/mol. The molecular weight excluding hydrogens is 278 g/mol. The zero-order valence-electron chi connectivity index (χ0n) is 13.4. The van der Waals surface area contributed by atoms with Gasteiger partial charge in [0.15, 0.2) is 0 Å². The van der Waals surface area contributed by atoms with E-state index in [1.54, 1.807) is 24.5 Å². The highest BCUT2D eigenvalue weighted by Gasteiger charge is 2.26. The summed E-state index contributed by atoms with van der Waals surface area (Å²) < 4.78 is 0. The van der Waals surface area contributed by atoms with Crippen molar-refractivity contribution >= 4 is 11.8 Å². The third kappa shape index (κ3) is 4.06. The molecule has 5 heteroatoms. The number of likely N-dealkylation sites (tertiary alicyclic amines) is 1. The number of nitrogens with zero attached hydrogens (tertiary/aromatic N) is 2. The first kappa shape index (κ1) is 16.5. The molecule has 0 aromatic carbocycles. The van der Waals surface area contributed by atoms with Crippen molar-refractivity contribution < 1.29 is 9.59 Å². The lowest BCUT2D eigenvalue weighted by Gasteiger charge is -2.33. The summed E-state index contributed by atoms with van der Waals surface area (Å²) in [6, 6.07) is 3.75. The van der Waals surface area contributed by atoms with E-state index < -0.39 is 0 Å². The maximum atomic E-state index is 12.3. The normalized spacial score (nSPS) is 15.9. The number of carbonyl (C=O) groups excluding carboxylic acids is 2. The summed E-state index contributed by atoms with van der Waals surface area (Å²) in [7, 11) is 0. The van der Waals surface area contributed by atoms with Gasteiger partial charge >= 0.3 is 0 Å². The second-order valence-electron chi connectivity index (χ2n) is 5.83. The van der Waals surface area contributed by atoms with E-state index >= 15 is 0 Å². The molecule has 22 heavy (non-hydrogen) atoms. The average Bonchev–Trinajstić information content (AvgIpc) is 2.57. The Morgan fingerprint density at radius 3 is 2.55 bits per heavy atom. The molecule has 0 unspecified atom stereocenters. The van der Waals surface area contributed by atoms with Crippen molar-refractivity contribution in [3.63, 3.8) is 0 Å². The summed E-state index contributed by atoms with van der Waals surface area (Å²) in [6.45, 7) is 5.45. The van der Waals surface area contributed by atoms with E-state index in [0.29, 0.717) is 18.7 Å². The Balaban J connectivity index is 1.83. The van der Waals surface area contributed by atoms with Crippen molar-refractivity contribution in [2.75, 3.05) is 13.1 Å². The van der Waals surface area contributed by atoms with Crippen molar-refractivity contribution in [2.45, 2.75) is 45.6 Å². The maximum Gasteiger partial charge on any atom is 0.255 e. The molecule has 0 spiro atoms. The van der Waals surface area contributed by atoms with E-state index in [0.717, 1.165) is 25.7 Å². The van der Waals surface area contributed by atoms with E-state index in [9.17, 15) is 9.59 Å². The molecule has 1 saturated heterocycles. The first-order chi connectivity index (χ1) is 10.7. The van der Waals surface area contributed by atoms with Crippen LogP contribution in [-0.4, -0.2) is 40.8 Å². The predicted molar refractivity (Wildman–Crippen MR) is 85.4 cm³/mol. The number of carbonyl (C=O) groups is 2. The van der Waals surface area contributed by atoms with Crippen molar-refractivity contribution in [3.05, 3.63) is 30.1 Å². The fourth-order valence-electron chi connectivity index (χ4n) is 2.88. The predicted octanol–water partition coefficient (Wildman–Crippen LogP) is 2.24. The van der Waals surface area contributed by atoms with E-state index in [1.165, 1.54) is 0 Å². The molecule has 5 nitrogen and oxygen atoms in total. The van der Waals surface area contributed by atoms with Gasteiger partial charge in [0.05, 0.1) is 5.56 Å². The molecular formula is C17H25N3O2. The number of aromatic nitrogens is 1. The lowest BCUT2D eigenvalue weighted by atomic mass is 9.99. The van der Waals surface area contributed by atoms with Gasteiger partial charge in [-0.15, -0.1) is 0 Å². The highest BCUT2D eigenvalue weighted by atomic mass is 16.2. The van der Waals surface area contributed by atoms with Crippen LogP contribution >= 0.6 is 0 Å². The fourth-order valence-corrected chi connectivity index (χ4v) is 2.88. The van der Waals surface area contributed by atoms with Gasteiger partial charge in [-0.05, 0) is 37.8 Å². The van der Waals surface area contributed by atoms with Gasteiger partial charge in [-0.2, -0.15) is 0 Å². The van der Waals surface area contributed by atoms with E-state index in [4.69, 9.17) is 0 Å². The van der Waals surface area contributed by atoms with Crippen LogP contribution in [0.25, 0.3) is 0 Å². The van der Waals surface area contributed by atoms with Gasteiger partial charge < -0.3 is 10.2 Å². The van der Waals surface area contributed by atoms with Gasteiger partial charge in [0.1, 0.15) is 0 Å². The molecule has 1 aromatic rings. The van der Waals surface area contributed by atoms with Gasteiger partial charge in [-0.25, -0.2) is 0 Å². The van der Waals surface area contributed by atoms with Crippen LogP contribution in [0, 0.1) is 5.92 Å². The Morgan fingerprint density at radius 1 is 1.32 bits per heavy atom. The van der Waals surface area contributed by atoms with Crippen LogP contribution in [0.1, 0.15) is 49.9 Å². The molecule has 0 radical (unpaired) electrons. The summed E-state index contributed by atoms with van der Waals surface area (Å²) in [4.78, 5) is 30.3. The largest absolute Gasteiger partial charge is 0.353 e. The zero-order chi connectivity index (χ0) is 15.9. The molecule has 1 fully saturated rings. The van der Waals surface area contributed by atoms with Gasteiger partial charge in [0.2, 0.25) is 5.91 Å². The Kier molecular flexibility index (Phi) is 5.92. The van der Waals surface area contributed by atoms with Crippen LogP contribution in [0.5, 0.6) is 0 Å². The minimum absolute atomic E-state index is 0.0258. The fraction of sp³-hybridized carbons (Fsp3) is 0.588. The second-order valence-corrected chi connectivity index (χ2v) is 5.83. The van der Waals surface area contributed by atoms with Crippen molar-refractivity contribution in [3.8, 4) is 0 Å². The van der Waals surface area contributed by atoms with Crippen LogP contribution < -0.4 is 5.32 Å². The van der Waals surface area contributed by atoms with E-state index in [1.807, 2.05) is 18.7 Å². The highest BCUT2D eigenvalue weighted by molar-refractivity contribution is 5.93. The van der Waals surface area contributed by atoms with Crippen LogP contribution in [0.15, 0.2) is 24.5 Å². The Morgan fingerprint density at radius 2 is 2.00 bits per heavy atom. The second kappa shape index (κ2) is 7.92. The lowest BCUT2D eigenvalue weighted by molar-refractivity contribution is -0.126. The van der Waals surface area contributed by atoms with Crippen molar-refractivity contribution in [1.82, 2.24) is 15.2 Å². The SMILES string of the molecule is CCC(CC)C(=O)NC1CCN(C(=O)c2cccnc2)CC1. The van der Waals surface area contributed by atoms with Gasteiger partial charge in [-0.3, -0.25) is 14.6 Å². The minimum atomic E-state index is 0.0258. The average molecular weight is 303 g/mol. The van der Waals surface area contributed by atoms with Crippen molar-refractivity contribution in [1.29, 1.82) is 0 Å². The molecule has 0 aliphatic carbocycles. The van der Waals surface area contributed by atoms with Gasteiger partial charge in [-0.1, -0.05) is 13.8 Å². The number of hydrogen-bond donors (Lipinski definition) is 1. The van der Waals surface area contributed by atoms with Crippen molar-refractivity contribution in [2.24, 2.45) is 5.92 Å². The molecule has 0 bridgehead atoms. The van der Waals surface area contributed by atoms with Crippen LogP contribution in [0.4, 0.5) is 0 Å². The molecule has 0 saturated carbocycles. The Hall–Kier alpha value is -1.91. The summed E-state index contributed by atoms with van der Waals surface area (Å²) in [5, 5.41) is 3.13. The Bertz CT molecular complexity index is 492. The smallest absolute Gasteiger partial charge is 0.255 e. The highest BCUT2D eigenvalue weighted by Crippen LogP contribution is 2.15. The van der Waals surface area contributed by atoms with Gasteiger partial charge in [0.25, 0.3) is 5.91 Å². The lowest BCUT2D eigenvalue weighted by Crippen LogP contribution is -2.47. The Labute approximate surface area is 132 Å².